The second kappa shape index (κ2) is 22.4. The number of esters is 1. The molecular weight excluding hydrogens is 746 g/mol. The molecule has 58 heavy (non-hydrogen) atoms. The fraction of sp³-hybridized carbons (Fsp3) is 0.800. The average Bonchev–Trinajstić information content (AvgIpc) is 3.17. The molecule has 1 unspecified atom stereocenters. The lowest BCUT2D eigenvalue weighted by molar-refractivity contribution is -0.266. The number of carbonyl (C=O) groups excluding carboxylic acids is 3. The maximum absolute atomic E-state index is 14.1. The molecule has 3 heterocycles. The summed E-state index contributed by atoms with van der Waals surface area (Å²) in [6.45, 7) is 16.3. The van der Waals surface area contributed by atoms with Gasteiger partial charge < -0.3 is 50.1 Å². The predicted octanol–water partition coefficient (Wildman–Crippen LogP) is 4.27. The van der Waals surface area contributed by atoms with Crippen molar-refractivity contribution < 1.29 is 59.6 Å². The Morgan fingerprint density at radius 3 is 2.24 bits per heavy atom. The Kier molecular flexibility index (Phi) is 19.2. The van der Waals surface area contributed by atoms with Gasteiger partial charge in [0.2, 0.25) is 5.79 Å². The number of hydrogen-bond donors (Lipinski definition) is 7. The molecule has 0 aromatic carbocycles. The Hall–Kier alpha value is -2.49. The van der Waals surface area contributed by atoms with Crippen molar-refractivity contribution in [2.45, 2.75) is 194 Å². The van der Waals surface area contributed by atoms with E-state index >= 15 is 0 Å². The highest BCUT2D eigenvalue weighted by Gasteiger charge is 2.53. The van der Waals surface area contributed by atoms with E-state index in [9.17, 15) is 50.1 Å². The number of carbonyl (C=O) groups is 3. The Labute approximate surface area is 346 Å². The zero-order valence-electron chi connectivity index (χ0n) is 36.4. The van der Waals surface area contributed by atoms with Crippen LogP contribution in [0.25, 0.3) is 0 Å². The molecular formula is C45H75NO12. The molecule has 1 amide bonds. The summed E-state index contributed by atoms with van der Waals surface area (Å²) >= 11 is 0. The number of Topliss-reactive ketones (excluding diaryl/α,β-unsaturated/α-hetero) is 1. The molecule has 2 fully saturated rings. The summed E-state index contributed by atoms with van der Waals surface area (Å²) in [4.78, 5) is 43.3. The highest BCUT2D eigenvalue weighted by atomic mass is 16.6. The van der Waals surface area contributed by atoms with Gasteiger partial charge in [-0.1, -0.05) is 59.8 Å². The third kappa shape index (κ3) is 13.3. The molecule has 3 aliphatic rings. The Morgan fingerprint density at radius 2 is 1.60 bits per heavy atom. The largest absolute Gasteiger partial charge is 0.456 e. The number of allylic oxidation sites excluding steroid dienone is 1. The van der Waals surface area contributed by atoms with E-state index in [1.807, 2.05) is 45.9 Å². The third-order valence-electron chi connectivity index (χ3n) is 13.0. The van der Waals surface area contributed by atoms with Crippen LogP contribution in [0.1, 0.15) is 133 Å². The minimum atomic E-state index is -2.52. The van der Waals surface area contributed by atoms with Crippen molar-refractivity contribution in [1.82, 2.24) is 4.90 Å². The second-order valence-corrected chi connectivity index (χ2v) is 18.0. The molecule has 2 bridgehead atoms. The summed E-state index contributed by atoms with van der Waals surface area (Å²) in [6.07, 6.45) is 1.31. The molecule has 15 atom stereocenters. The van der Waals surface area contributed by atoms with Crippen LogP contribution in [-0.4, -0.2) is 126 Å². The van der Waals surface area contributed by atoms with Crippen molar-refractivity contribution in [1.29, 1.82) is 0 Å². The molecule has 0 spiro atoms. The van der Waals surface area contributed by atoms with Gasteiger partial charge in [0, 0.05) is 37.1 Å². The van der Waals surface area contributed by atoms with Gasteiger partial charge in [0.25, 0.3) is 11.7 Å². The lowest BCUT2D eigenvalue weighted by Crippen LogP contribution is -2.61. The minimum Gasteiger partial charge on any atom is -0.456 e. The molecule has 0 aromatic heterocycles. The number of ether oxygens (including phenoxy) is 2. The lowest BCUT2D eigenvalue weighted by atomic mass is 9.83. The van der Waals surface area contributed by atoms with Gasteiger partial charge in [0.15, 0.2) is 0 Å². The van der Waals surface area contributed by atoms with Crippen molar-refractivity contribution >= 4 is 17.7 Å². The van der Waals surface area contributed by atoms with E-state index in [4.69, 9.17) is 9.47 Å². The summed E-state index contributed by atoms with van der Waals surface area (Å²) in [5.41, 5.74) is 2.08. The molecule has 13 heteroatoms. The van der Waals surface area contributed by atoms with Crippen LogP contribution < -0.4 is 0 Å². The number of cyclic esters (lactones) is 1. The van der Waals surface area contributed by atoms with Crippen molar-refractivity contribution in [2.75, 3.05) is 6.54 Å². The fourth-order valence-corrected chi connectivity index (χ4v) is 8.63. The van der Waals surface area contributed by atoms with E-state index < -0.39 is 90.2 Å². The number of ketones is 1. The van der Waals surface area contributed by atoms with Crippen LogP contribution in [0.15, 0.2) is 34.9 Å². The molecule has 0 radical (unpaired) electrons. The molecule has 3 aliphatic heterocycles. The van der Waals surface area contributed by atoms with Gasteiger partial charge in [0.05, 0.1) is 42.7 Å². The average molecular weight is 822 g/mol. The van der Waals surface area contributed by atoms with E-state index in [1.54, 1.807) is 34.6 Å². The first-order valence-corrected chi connectivity index (χ1v) is 21.7. The first-order valence-electron chi connectivity index (χ1n) is 21.7. The Balaban J connectivity index is 2.04. The molecule has 2 saturated heterocycles. The summed E-state index contributed by atoms with van der Waals surface area (Å²) in [7, 11) is 0. The zero-order valence-corrected chi connectivity index (χ0v) is 36.4. The number of rotatable bonds is 4. The monoisotopic (exact) mass is 822 g/mol. The number of aliphatic hydroxyl groups is 7. The molecule has 0 saturated carbocycles. The highest BCUT2D eigenvalue weighted by molar-refractivity contribution is 6.39. The van der Waals surface area contributed by atoms with Gasteiger partial charge >= 0.3 is 5.97 Å². The number of hydrogen-bond acceptors (Lipinski definition) is 12. The molecule has 0 aromatic rings. The van der Waals surface area contributed by atoms with Crippen LogP contribution in [0.4, 0.5) is 0 Å². The molecule has 13 nitrogen and oxygen atoms in total. The number of fused-ring (bicyclic) bond motifs is 3. The minimum absolute atomic E-state index is 0.0316. The van der Waals surface area contributed by atoms with Crippen LogP contribution in [0, 0.1) is 29.6 Å². The Bertz CT molecular complexity index is 1460. The SMILES string of the molecule is CC/C1=C/C[C@@H](/C(C)=C/[C@@H](C)[C@@H](C)O)OC(=O)[C@@H]2CCCCN2C(=O)C(=O)[C@]2(O)O[C@@H](CC[C@H]2C)C[C@H](O)[C@H](C)[C@@H](O)C[C@@H](O)C[C@H](O)/C(C)=C\[C@@H](C)CC(C)[C@@H]1O. The van der Waals surface area contributed by atoms with Gasteiger partial charge in [-0.05, 0) is 107 Å². The summed E-state index contributed by atoms with van der Waals surface area (Å²) in [5.74, 6) is -7.51. The molecule has 332 valence electrons. The van der Waals surface area contributed by atoms with Gasteiger partial charge in [0.1, 0.15) is 12.1 Å². The number of piperidine rings is 1. The van der Waals surface area contributed by atoms with E-state index in [0.717, 1.165) is 5.57 Å². The molecule has 0 aliphatic carbocycles. The number of aliphatic hydroxyl groups excluding tert-OH is 6. The van der Waals surface area contributed by atoms with Crippen molar-refractivity contribution in [3.63, 3.8) is 0 Å². The maximum atomic E-state index is 14.1. The fourth-order valence-electron chi connectivity index (χ4n) is 8.63. The van der Waals surface area contributed by atoms with Crippen molar-refractivity contribution in [3.05, 3.63) is 34.9 Å². The van der Waals surface area contributed by atoms with Crippen LogP contribution in [0.2, 0.25) is 0 Å². The first kappa shape index (κ1) is 49.9. The van der Waals surface area contributed by atoms with Gasteiger partial charge in [-0.15, -0.1) is 0 Å². The normalized spacial score (nSPS) is 40.9. The Morgan fingerprint density at radius 1 is 0.948 bits per heavy atom. The standard InChI is InChI=1S/C45H75NO12/c1-10-33-15-17-40(28(5)21-26(3)32(9)47)57-44(55)36-13-11-12-18-46(36)43(54)42(53)45(56)30(7)14-16-35(58-45)24-39(51)31(8)38(50)23-34(48)22-37(49)27(4)19-25(2)20-29(6)41(33)52/h15,19,21,25-26,29-32,34-41,47-52,56H,10-14,16-18,20,22-24H2,1-9H3/b27-19-,28-21+,33-15-/t25-,26-,29?,30-,31-,32-,34+,35+,36+,37+,38+,39+,40+,41+,45-/m1/s1. The van der Waals surface area contributed by atoms with E-state index in [0.29, 0.717) is 49.7 Å². The molecule has 3 rings (SSSR count). The van der Waals surface area contributed by atoms with Crippen molar-refractivity contribution in [2.24, 2.45) is 29.6 Å². The van der Waals surface area contributed by atoms with Crippen LogP contribution >= 0.6 is 0 Å². The van der Waals surface area contributed by atoms with Crippen LogP contribution in [-0.2, 0) is 23.9 Å². The summed E-state index contributed by atoms with van der Waals surface area (Å²) in [6, 6.07) is -1.10. The van der Waals surface area contributed by atoms with E-state index in [2.05, 4.69) is 0 Å². The topological polar surface area (TPSA) is 215 Å². The van der Waals surface area contributed by atoms with Crippen LogP contribution in [0.3, 0.4) is 0 Å². The van der Waals surface area contributed by atoms with Crippen LogP contribution in [0.5, 0.6) is 0 Å². The smallest absolute Gasteiger partial charge is 0.329 e. The highest BCUT2D eigenvalue weighted by Crippen LogP contribution is 2.37. The van der Waals surface area contributed by atoms with Crippen molar-refractivity contribution in [3.8, 4) is 0 Å². The van der Waals surface area contributed by atoms with E-state index in [1.165, 1.54) is 4.90 Å². The predicted molar refractivity (Wildman–Crippen MR) is 220 cm³/mol. The van der Waals surface area contributed by atoms with Gasteiger partial charge in [-0.2, -0.15) is 0 Å². The third-order valence-corrected chi connectivity index (χ3v) is 13.0. The second-order valence-electron chi connectivity index (χ2n) is 18.0. The molecule has 7 N–H and O–H groups in total. The quantitative estimate of drug-likeness (QED) is 0.120. The van der Waals surface area contributed by atoms with Gasteiger partial charge in [-0.3, -0.25) is 9.59 Å². The number of amides is 1. The summed E-state index contributed by atoms with van der Waals surface area (Å²) < 4.78 is 12.1. The summed E-state index contributed by atoms with van der Waals surface area (Å²) in [5, 5.41) is 77.5. The number of nitrogens with zero attached hydrogens (tertiary/aromatic N) is 1. The van der Waals surface area contributed by atoms with E-state index in [-0.39, 0.29) is 56.4 Å². The van der Waals surface area contributed by atoms with Gasteiger partial charge in [-0.25, -0.2) is 4.79 Å². The first-order chi connectivity index (χ1) is 27.1. The lowest BCUT2D eigenvalue weighted by Gasteiger charge is -2.43. The maximum Gasteiger partial charge on any atom is 0.329 e. The zero-order chi connectivity index (χ0) is 43.6.